The van der Waals surface area contributed by atoms with E-state index < -0.39 is 16.1 Å². The van der Waals surface area contributed by atoms with Gasteiger partial charge < -0.3 is 10.1 Å². The molecule has 0 aromatic heterocycles. The lowest BCUT2D eigenvalue weighted by molar-refractivity contribution is -0.122. The molecule has 0 heterocycles. The Kier molecular flexibility index (Phi) is 7.81. The highest BCUT2D eigenvalue weighted by Gasteiger charge is 2.31. The second-order valence-corrected chi connectivity index (χ2v) is 7.39. The van der Waals surface area contributed by atoms with Gasteiger partial charge in [0, 0.05) is 25.3 Å². The topological polar surface area (TPSA) is 75.7 Å². The van der Waals surface area contributed by atoms with Crippen LogP contribution < -0.4 is 9.62 Å². The zero-order valence-corrected chi connectivity index (χ0v) is 15.2. The van der Waals surface area contributed by atoms with Crippen molar-refractivity contribution < 1.29 is 17.9 Å². The fourth-order valence-electron chi connectivity index (χ4n) is 2.19. The molecule has 0 radical (unpaired) electrons. The molecule has 6 nitrogen and oxygen atoms in total. The third-order valence-corrected chi connectivity index (χ3v) is 4.67. The van der Waals surface area contributed by atoms with E-state index in [2.05, 4.69) is 5.32 Å². The van der Waals surface area contributed by atoms with E-state index >= 15 is 0 Å². The molecule has 130 valence electrons. The molecule has 0 aliphatic heterocycles. The van der Waals surface area contributed by atoms with Crippen molar-refractivity contribution in [3.05, 3.63) is 29.3 Å². The van der Waals surface area contributed by atoms with Crippen molar-refractivity contribution in [2.45, 2.75) is 25.8 Å². The summed E-state index contributed by atoms with van der Waals surface area (Å²) in [6, 6.07) is 5.55. The number of hydrogen-bond acceptors (Lipinski definition) is 4. The molecule has 0 saturated heterocycles. The smallest absolute Gasteiger partial charge is 0.243 e. The molecule has 0 aliphatic carbocycles. The first kappa shape index (κ1) is 19.7. The van der Waals surface area contributed by atoms with Gasteiger partial charge in [0.1, 0.15) is 6.04 Å². The number of carbonyl (C=O) groups excluding carboxylic acids is 1. The van der Waals surface area contributed by atoms with Gasteiger partial charge in [-0.3, -0.25) is 9.10 Å². The van der Waals surface area contributed by atoms with Crippen LogP contribution in [0.3, 0.4) is 0 Å². The second-order valence-electron chi connectivity index (χ2n) is 5.10. The number of hydrogen-bond donors (Lipinski definition) is 1. The monoisotopic (exact) mass is 362 g/mol. The summed E-state index contributed by atoms with van der Waals surface area (Å²) in [6.07, 6.45) is 2.10. The molecule has 0 unspecified atom stereocenters. The summed E-state index contributed by atoms with van der Waals surface area (Å²) in [4.78, 5) is 12.4. The molecule has 0 spiro atoms. The molecule has 23 heavy (non-hydrogen) atoms. The average Bonchev–Trinajstić information content (AvgIpc) is 2.49. The number of ether oxygens (including phenoxy) is 1. The summed E-state index contributed by atoms with van der Waals surface area (Å²) in [5, 5.41) is 3.25. The number of methoxy groups -OCH3 is 1. The highest BCUT2D eigenvalue weighted by atomic mass is 35.5. The van der Waals surface area contributed by atoms with E-state index in [1.165, 1.54) is 0 Å². The van der Waals surface area contributed by atoms with E-state index in [9.17, 15) is 13.2 Å². The largest absolute Gasteiger partial charge is 0.385 e. The van der Waals surface area contributed by atoms with E-state index in [1.807, 2.05) is 0 Å². The number of amides is 1. The Balaban J connectivity index is 2.99. The van der Waals surface area contributed by atoms with Gasteiger partial charge in [0.05, 0.1) is 11.9 Å². The van der Waals surface area contributed by atoms with Gasteiger partial charge in [0.2, 0.25) is 15.9 Å². The van der Waals surface area contributed by atoms with E-state index in [0.29, 0.717) is 36.7 Å². The molecule has 1 N–H and O–H groups in total. The Morgan fingerprint density at radius 2 is 1.96 bits per heavy atom. The Hall–Kier alpha value is -1.31. The standard InChI is InChI=1S/C15H23ClN2O4S/c1-4-14(15(19)17-10-5-11-22-2)18(23(3,20)21)13-8-6-12(16)7-9-13/h6-9,14H,4-5,10-11H2,1-3H3,(H,17,19)/t14-/m0/s1. The van der Waals surface area contributed by atoms with Crippen LogP contribution >= 0.6 is 11.6 Å². The minimum atomic E-state index is -3.62. The highest BCUT2D eigenvalue weighted by Crippen LogP contribution is 2.24. The number of nitrogens with one attached hydrogen (secondary N) is 1. The number of rotatable bonds is 9. The number of halogens is 1. The number of nitrogens with zero attached hydrogens (tertiary/aromatic N) is 1. The summed E-state index contributed by atoms with van der Waals surface area (Å²) in [5.74, 6) is -0.330. The van der Waals surface area contributed by atoms with Crippen LogP contribution in [0.1, 0.15) is 19.8 Å². The normalized spacial score (nSPS) is 12.7. The van der Waals surface area contributed by atoms with Crippen molar-refractivity contribution in [1.29, 1.82) is 0 Å². The van der Waals surface area contributed by atoms with Crippen molar-refractivity contribution in [2.75, 3.05) is 30.8 Å². The third kappa shape index (κ3) is 6.01. The minimum absolute atomic E-state index is 0.330. The van der Waals surface area contributed by atoms with Crippen molar-refractivity contribution in [1.82, 2.24) is 5.32 Å². The molecule has 8 heteroatoms. The zero-order chi connectivity index (χ0) is 17.5. The van der Waals surface area contributed by atoms with Crippen LogP contribution in [0.5, 0.6) is 0 Å². The molecule has 1 amide bonds. The number of carbonyl (C=O) groups is 1. The fraction of sp³-hybridized carbons (Fsp3) is 0.533. The number of anilines is 1. The second kappa shape index (κ2) is 9.10. The molecule has 0 bridgehead atoms. The fourth-order valence-corrected chi connectivity index (χ4v) is 3.53. The van der Waals surface area contributed by atoms with Crippen molar-refractivity contribution >= 4 is 33.2 Å². The van der Waals surface area contributed by atoms with Gasteiger partial charge in [-0.05, 0) is 37.1 Å². The average molecular weight is 363 g/mol. The Morgan fingerprint density at radius 3 is 2.43 bits per heavy atom. The van der Waals surface area contributed by atoms with Gasteiger partial charge in [-0.25, -0.2) is 8.42 Å². The lowest BCUT2D eigenvalue weighted by atomic mass is 10.2. The van der Waals surface area contributed by atoms with E-state index in [1.54, 1.807) is 38.3 Å². The first-order valence-electron chi connectivity index (χ1n) is 7.32. The molecular weight excluding hydrogens is 340 g/mol. The summed E-state index contributed by atoms with van der Waals surface area (Å²) in [5.41, 5.74) is 0.413. The van der Waals surface area contributed by atoms with E-state index in [4.69, 9.17) is 16.3 Å². The Labute approximate surface area is 142 Å². The predicted octanol–water partition coefficient (Wildman–Crippen LogP) is 2.04. The predicted molar refractivity (Wildman–Crippen MR) is 92.4 cm³/mol. The first-order valence-corrected chi connectivity index (χ1v) is 9.55. The lowest BCUT2D eigenvalue weighted by Crippen LogP contribution is -2.49. The molecule has 0 saturated carbocycles. The molecule has 1 rings (SSSR count). The molecule has 1 aromatic rings. The van der Waals surface area contributed by atoms with Gasteiger partial charge in [0.25, 0.3) is 0 Å². The first-order chi connectivity index (χ1) is 10.8. The Morgan fingerprint density at radius 1 is 1.35 bits per heavy atom. The van der Waals surface area contributed by atoms with Crippen LogP contribution in [0.2, 0.25) is 5.02 Å². The van der Waals surface area contributed by atoms with Gasteiger partial charge >= 0.3 is 0 Å². The molecular formula is C15H23ClN2O4S. The van der Waals surface area contributed by atoms with E-state index in [0.717, 1.165) is 10.6 Å². The number of sulfonamides is 1. The summed E-state index contributed by atoms with van der Waals surface area (Å²) in [6.45, 7) is 2.74. The van der Waals surface area contributed by atoms with Crippen LogP contribution in [0.15, 0.2) is 24.3 Å². The van der Waals surface area contributed by atoms with Crippen LogP contribution in [0, 0.1) is 0 Å². The maximum absolute atomic E-state index is 12.4. The van der Waals surface area contributed by atoms with Crippen molar-refractivity contribution in [3.63, 3.8) is 0 Å². The van der Waals surface area contributed by atoms with E-state index in [-0.39, 0.29) is 5.91 Å². The van der Waals surface area contributed by atoms with Crippen LogP contribution in [0.25, 0.3) is 0 Å². The van der Waals surface area contributed by atoms with Gasteiger partial charge in [-0.2, -0.15) is 0 Å². The van der Waals surface area contributed by atoms with Crippen LogP contribution in [-0.2, 0) is 19.6 Å². The maximum atomic E-state index is 12.4. The summed E-state index contributed by atoms with van der Waals surface area (Å²) in [7, 11) is -2.03. The molecule has 1 atom stereocenters. The van der Waals surface area contributed by atoms with Gasteiger partial charge in [0.15, 0.2) is 0 Å². The lowest BCUT2D eigenvalue weighted by Gasteiger charge is -2.30. The third-order valence-electron chi connectivity index (χ3n) is 3.24. The van der Waals surface area contributed by atoms with Gasteiger partial charge in [-0.15, -0.1) is 0 Å². The Bertz CT molecular complexity index is 604. The SMILES string of the molecule is CC[C@@H](C(=O)NCCCOC)N(c1ccc(Cl)cc1)S(C)(=O)=O. The summed E-state index contributed by atoms with van der Waals surface area (Å²) >= 11 is 5.85. The quantitative estimate of drug-likeness (QED) is 0.682. The maximum Gasteiger partial charge on any atom is 0.243 e. The molecule has 1 aromatic carbocycles. The number of benzene rings is 1. The highest BCUT2D eigenvalue weighted by molar-refractivity contribution is 7.92. The summed E-state index contributed by atoms with van der Waals surface area (Å²) < 4.78 is 30.4. The van der Waals surface area contributed by atoms with Crippen molar-refractivity contribution in [3.8, 4) is 0 Å². The van der Waals surface area contributed by atoms with Crippen molar-refractivity contribution in [2.24, 2.45) is 0 Å². The molecule has 0 fully saturated rings. The van der Waals surface area contributed by atoms with Crippen LogP contribution in [-0.4, -0.2) is 46.9 Å². The van der Waals surface area contributed by atoms with Crippen LogP contribution in [0.4, 0.5) is 5.69 Å². The van der Waals surface area contributed by atoms with Gasteiger partial charge in [-0.1, -0.05) is 18.5 Å². The molecule has 0 aliphatic rings. The minimum Gasteiger partial charge on any atom is -0.385 e. The zero-order valence-electron chi connectivity index (χ0n) is 13.6.